The number of likely N-dealkylation sites (N-methyl/N-ethyl adjacent to an activating group) is 1. The van der Waals surface area contributed by atoms with E-state index in [2.05, 4.69) is 50.7 Å². The highest BCUT2D eigenvalue weighted by atomic mass is 79.9. The summed E-state index contributed by atoms with van der Waals surface area (Å²) in [7, 11) is 2.10. The number of piperazine rings is 1. The normalized spacial score (nSPS) is 21.9. The molecule has 1 atom stereocenters. The van der Waals surface area contributed by atoms with Crippen molar-refractivity contribution in [2.75, 3.05) is 26.7 Å². The quantitative estimate of drug-likeness (QED) is 0.746. The van der Waals surface area contributed by atoms with Crippen LogP contribution in [0.4, 0.5) is 0 Å². The first-order valence-corrected chi connectivity index (χ1v) is 7.83. The predicted octanol–water partition coefficient (Wildman–Crippen LogP) is 3.05. The van der Waals surface area contributed by atoms with E-state index in [0.717, 1.165) is 32.8 Å². The Morgan fingerprint density at radius 2 is 2.18 bits per heavy atom. The highest BCUT2D eigenvalue weighted by Gasteiger charge is 2.26. The zero-order chi connectivity index (χ0) is 12.6. The molecule has 0 aliphatic carbocycles. The minimum atomic E-state index is 0.140. The molecule has 94 valence electrons. The molecule has 0 spiro atoms. The average molecular weight is 382 g/mol. The molecule has 1 aliphatic rings. The maximum absolute atomic E-state index is 12.3. The van der Waals surface area contributed by atoms with Crippen LogP contribution in [0, 0.1) is 0 Å². The first-order valence-electron chi connectivity index (χ1n) is 5.43. The van der Waals surface area contributed by atoms with E-state index in [1.807, 2.05) is 11.0 Å². The van der Waals surface area contributed by atoms with Gasteiger partial charge in [-0.15, -0.1) is 11.3 Å². The molecule has 0 bridgehead atoms. The summed E-state index contributed by atoms with van der Waals surface area (Å²) in [5.74, 6) is 0.140. The lowest BCUT2D eigenvalue weighted by molar-refractivity contribution is 0.0577. The van der Waals surface area contributed by atoms with Crippen LogP contribution >= 0.6 is 43.2 Å². The number of amides is 1. The molecule has 0 N–H and O–H groups in total. The Morgan fingerprint density at radius 1 is 1.47 bits per heavy atom. The van der Waals surface area contributed by atoms with Crippen molar-refractivity contribution < 1.29 is 4.79 Å². The maximum Gasteiger partial charge on any atom is 0.264 e. The van der Waals surface area contributed by atoms with Gasteiger partial charge in [0, 0.05) is 30.1 Å². The van der Waals surface area contributed by atoms with Gasteiger partial charge >= 0.3 is 0 Å². The van der Waals surface area contributed by atoms with Crippen LogP contribution < -0.4 is 0 Å². The van der Waals surface area contributed by atoms with E-state index in [9.17, 15) is 4.79 Å². The number of nitrogens with zero attached hydrogens (tertiary/aromatic N) is 2. The summed E-state index contributed by atoms with van der Waals surface area (Å²) >= 11 is 8.32. The molecule has 1 unspecified atom stereocenters. The zero-order valence-corrected chi connectivity index (χ0v) is 13.7. The van der Waals surface area contributed by atoms with Crippen LogP contribution in [0.5, 0.6) is 0 Å². The van der Waals surface area contributed by atoms with Gasteiger partial charge in [0.25, 0.3) is 5.91 Å². The Balaban J connectivity index is 2.10. The van der Waals surface area contributed by atoms with Crippen LogP contribution in [0.3, 0.4) is 0 Å². The van der Waals surface area contributed by atoms with Gasteiger partial charge in [-0.25, -0.2) is 0 Å². The summed E-state index contributed by atoms with van der Waals surface area (Å²) in [4.78, 5) is 17.3. The number of thiophene rings is 1. The van der Waals surface area contributed by atoms with Crippen molar-refractivity contribution in [3.8, 4) is 0 Å². The minimum absolute atomic E-state index is 0.140. The lowest BCUT2D eigenvalue weighted by atomic mass is 10.2. The van der Waals surface area contributed by atoms with Gasteiger partial charge in [-0.3, -0.25) is 4.79 Å². The Hall–Kier alpha value is 0.0900. The molecule has 0 radical (unpaired) electrons. The molecule has 0 aromatic carbocycles. The molecule has 1 aromatic heterocycles. The fraction of sp³-hybridized carbons (Fsp3) is 0.545. The molecule has 0 saturated carbocycles. The molecule has 1 aliphatic heterocycles. The number of hydrogen-bond acceptors (Lipinski definition) is 3. The van der Waals surface area contributed by atoms with Crippen molar-refractivity contribution in [1.82, 2.24) is 9.80 Å². The SMILES string of the molecule is CC1CN(C(=O)c2cc(Br)c(Br)s2)CCN1C. The van der Waals surface area contributed by atoms with Crippen molar-refractivity contribution >= 4 is 49.1 Å². The Morgan fingerprint density at radius 3 is 2.71 bits per heavy atom. The predicted molar refractivity (Wildman–Crippen MR) is 77.7 cm³/mol. The molecule has 1 aromatic rings. The third-order valence-corrected chi connectivity index (χ3v) is 6.35. The van der Waals surface area contributed by atoms with Crippen molar-refractivity contribution in [3.63, 3.8) is 0 Å². The van der Waals surface area contributed by atoms with Crippen molar-refractivity contribution in [3.05, 3.63) is 19.2 Å². The number of halogens is 2. The summed E-state index contributed by atoms with van der Waals surface area (Å²) in [5.41, 5.74) is 0. The number of carbonyl (C=O) groups is 1. The molecule has 2 rings (SSSR count). The van der Waals surface area contributed by atoms with E-state index in [4.69, 9.17) is 0 Å². The van der Waals surface area contributed by atoms with E-state index in [-0.39, 0.29) is 5.91 Å². The molecule has 1 saturated heterocycles. The van der Waals surface area contributed by atoms with Crippen molar-refractivity contribution in [2.45, 2.75) is 13.0 Å². The molecule has 3 nitrogen and oxygen atoms in total. The van der Waals surface area contributed by atoms with Crippen LogP contribution in [0.1, 0.15) is 16.6 Å². The number of rotatable bonds is 1. The van der Waals surface area contributed by atoms with Gasteiger partial charge in [0.15, 0.2) is 0 Å². The smallest absolute Gasteiger partial charge is 0.264 e. The average Bonchev–Trinajstić information content (AvgIpc) is 2.62. The maximum atomic E-state index is 12.3. The van der Waals surface area contributed by atoms with Crippen molar-refractivity contribution in [1.29, 1.82) is 0 Å². The molecule has 2 heterocycles. The third kappa shape index (κ3) is 2.92. The van der Waals surface area contributed by atoms with Crippen LogP contribution in [0.2, 0.25) is 0 Å². The minimum Gasteiger partial charge on any atom is -0.335 e. The molecule has 17 heavy (non-hydrogen) atoms. The van der Waals surface area contributed by atoms with Crippen LogP contribution in [-0.2, 0) is 0 Å². The van der Waals surface area contributed by atoms with E-state index in [1.165, 1.54) is 11.3 Å². The van der Waals surface area contributed by atoms with Gasteiger partial charge in [-0.1, -0.05) is 0 Å². The van der Waals surface area contributed by atoms with Gasteiger partial charge in [-0.2, -0.15) is 0 Å². The van der Waals surface area contributed by atoms with Gasteiger partial charge in [0.1, 0.15) is 0 Å². The first-order chi connectivity index (χ1) is 7.99. The van der Waals surface area contributed by atoms with Crippen LogP contribution in [-0.4, -0.2) is 48.4 Å². The van der Waals surface area contributed by atoms with E-state index in [1.54, 1.807) is 0 Å². The fourth-order valence-electron chi connectivity index (χ4n) is 1.84. The lowest BCUT2D eigenvalue weighted by Crippen LogP contribution is -2.51. The standard InChI is InChI=1S/C11H14Br2N2OS/c1-7-6-15(4-3-14(7)2)11(16)9-5-8(12)10(13)17-9/h5,7H,3-4,6H2,1-2H3. The largest absolute Gasteiger partial charge is 0.335 e. The molecular weight excluding hydrogens is 368 g/mol. The summed E-state index contributed by atoms with van der Waals surface area (Å²) in [6, 6.07) is 2.32. The summed E-state index contributed by atoms with van der Waals surface area (Å²) in [6.45, 7) is 4.72. The van der Waals surface area contributed by atoms with Crippen LogP contribution in [0.25, 0.3) is 0 Å². The van der Waals surface area contributed by atoms with Crippen molar-refractivity contribution in [2.24, 2.45) is 0 Å². The Labute approximate surface area is 122 Å². The molecular formula is C11H14Br2N2OS. The summed E-state index contributed by atoms with van der Waals surface area (Å²) in [6.07, 6.45) is 0. The first kappa shape index (κ1) is 13.5. The second-order valence-corrected chi connectivity index (χ2v) is 7.54. The lowest BCUT2D eigenvalue weighted by Gasteiger charge is -2.37. The van der Waals surface area contributed by atoms with Gasteiger partial charge in [0.2, 0.25) is 0 Å². The zero-order valence-electron chi connectivity index (χ0n) is 9.74. The highest BCUT2D eigenvalue weighted by molar-refractivity contribution is 9.13. The second-order valence-electron chi connectivity index (χ2n) is 4.31. The summed E-state index contributed by atoms with van der Waals surface area (Å²) < 4.78 is 1.93. The van der Waals surface area contributed by atoms with E-state index >= 15 is 0 Å². The molecule has 1 fully saturated rings. The third-order valence-electron chi connectivity index (χ3n) is 3.10. The van der Waals surface area contributed by atoms with Crippen LogP contribution in [0.15, 0.2) is 14.3 Å². The van der Waals surface area contributed by atoms with E-state index < -0.39 is 0 Å². The van der Waals surface area contributed by atoms with Gasteiger partial charge in [0.05, 0.1) is 8.66 Å². The van der Waals surface area contributed by atoms with Gasteiger partial charge in [-0.05, 0) is 51.9 Å². The summed E-state index contributed by atoms with van der Waals surface area (Å²) in [5, 5.41) is 0. The Bertz CT molecular complexity index is 416. The fourth-order valence-corrected chi connectivity index (χ4v) is 3.84. The Kier molecular flexibility index (Phi) is 4.28. The molecule has 1 amide bonds. The van der Waals surface area contributed by atoms with E-state index in [0.29, 0.717) is 6.04 Å². The van der Waals surface area contributed by atoms with Gasteiger partial charge < -0.3 is 9.80 Å². The highest BCUT2D eigenvalue weighted by Crippen LogP contribution is 2.33. The number of hydrogen-bond donors (Lipinski definition) is 0. The topological polar surface area (TPSA) is 23.6 Å². The number of carbonyl (C=O) groups excluding carboxylic acids is 1. The second kappa shape index (κ2) is 5.38. The molecule has 6 heteroatoms. The monoisotopic (exact) mass is 380 g/mol.